The molecule has 0 saturated heterocycles. The Hall–Kier alpha value is -2.87. The van der Waals surface area contributed by atoms with Crippen molar-refractivity contribution in [2.24, 2.45) is 5.10 Å². The van der Waals surface area contributed by atoms with Crippen LogP contribution < -0.4 is 10.7 Å². The van der Waals surface area contributed by atoms with Gasteiger partial charge in [0, 0.05) is 5.56 Å². The molecule has 2 amide bonds. The number of carbonyl (C=O) groups is 2. The molecule has 0 unspecified atom stereocenters. The highest BCUT2D eigenvalue weighted by Crippen LogP contribution is 2.31. The highest BCUT2D eigenvalue weighted by molar-refractivity contribution is 6.41. The highest BCUT2D eigenvalue weighted by atomic mass is 35.5. The van der Waals surface area contributed by atoms with E-state index in [2.05, 4.69) is 10.4 Å². The van der Waals surface area contributed by atoms with E-state index in [4.69, 9.17) is 11.6 Å². The average Bonchev–Trinajstić information content (AvgIpc) is 2.56. The molecule has 0 aromatic heterocycles. The predicted octanol–water partition coefficient (Wildman–Crippen LogP) is 3.45. The van der Waals surface area contributed by atoms with Gasteiger partial charge >= 0.3 is 18.0 Å². The lowest BCUT2D eigenvalue weighted by molar-refractivity contribution is -0.137. The molecule has 9 heteroatoms. The second-order valence-corrected chi connectivity index (χ2v) is 5.13. The van der Waals surface area contributed by atoms with Crippen molar-refractivity contribution in [1.82, 2.24) is 5.43 Å². The van der Waals surface area contributed by atoms with E-state index in [1.54, 1.807) is 12.1 Å². The number of rotatable bonds is 3. The largest absolute Gasteiger partial charge is 0.417 e. The number of para-hydroxylation sites is 1. The van der Waals surface area contributed by atoms with Gasteiger partial charge in [0.2, 0.25) is 0 Å². The van der Waals surface area contributed by atoms with Crippen molar-refractivity contribution in [2.75, 3.05) is 5.32 Å². The average molecular weight is 370 g/mol. The van der Waals surface area contributed by atoms with Crippen molar-refractivity contribution in [3.05, 3.63) is 64.7 Å². The van der Waals surface area contributed by atoms with Crippen LogP contribution in [0.3, 0.4) is 0 Å². The van der Waals surface area contributed by atoms with Crippen molar-refractivity contribution < 1.29 is 22.8 Å². The standard InChI is InChI=1S/C16H11ClF3N3O2/c17-12-7-3-4-8-13(12)22-14(24)15(25)23-21-9-10-5-1-2-6-11(10)16(18,19)20/h1-9H,(H,22,24)(H,23,25). The summed E-state index contributed by atoms with van der Waals surface area (Å²) in [6.07, 6.45) is -3.75. The maximum absolute atomic E-state index is 12.8. The molecule has 2 rings (SSSR count). The van der Waals surface area contributed by atoms with Crippen molar-refractivity contribution in [1.29, 1.82) is 0 Å². The molecule has 25 heavy (non-hydrogen) atoms. The van der Waals surface area contributed by atoms with Crippen molar-refractivity contribution in [3.8, 4) is 0 Å². The SMILES string of the molecule is O=C(NN=Cc1ccccc1C(F)(F)F)C(=O)Nc1ccccc1Cl. The summed E-state index contributed by atoms with van der Waals surface area (Å²) in [4.78, 5) is 23.3. The highest BCUT2D eigenvalue weighted by Gasteiger charge is 2.32. The third kappa shape index (κ3) is 5.05. The number of amides is 2. The van der Waals surface area contributed by atoms with Crippen LogP contribution in [-0.4, -0.2) is 18.0 Å². The first-order chi connectivity index (χ1) is 11.8. The van der Waals surface area contributed by atoms with Gasteiger partial charge in [-0.1, -0.05) is 41.9 Å². The van der Waals surface area contributed by atoms with Crippen LogP contribution >= 0.6 is 11.6 Å². The Labute approximate surface area is 145 Å². The molecule has 0 aliphatic heterocycles. The van der Waals surface area contributed by atoms with E-state index >= 15 is 0 Å². The molecule has 5 nitrogen and oxygen atoms in total. The van der Waals surface area contributed by atoms with Crippen molar-refractivity contribution in [2.45, 2.75) is 6.18 Å². The second kappa shape index (κ2) is 7.80. The van der Waals surface area contributed by atoms with Crippen LogP contribution in [0.15, 0.2) is 53.6 Å². The summed E-state index contributed by atoms with van der Waals surface area (Å²) in [6, 6.07) is 10.9. The van der Waals surface area contributed by atoms with E-state index < -0.39 is 23.6 Å². The minimum atomic E-state index is -4.56. The molecule has 0 fully saturated rings. The zero-order valence-electron chi connectivity index (χ0n) is 12.5. The van der Waals surface area contributed by atoms with E-state index in [0.717, 1.165) is 12.3 Å². The number of carbonyl (C=O) groups excluding carboxylic acids is 2. The lowest BCUT2D eigenvalue weighted by atomic mass is 10.1. The normalized spacial score (nSPS) is 11.4. The monoisotopic (exact) mass is 369 g/mol. The minimum absolute atomic E-state index is 0.218. The molecule has 0 bridgehead atoms. The first-order valence-electron chi connectivity index (χ1n) is 6.84. The quantitative estimate of drug-likeness (QED) is 0.494. The number of hydrogen-bond acceptors (Lipinski definition) is 3. The molecule has 0 heterocycles. The zero-order chi connectivity index (χ0) is 18.4. The van der Waals surface area contributed by atoms with Gasteiger partial charge in [0.15, 0.2) is 0 Å². The van der Waals surface area contributed by atoms with E-state index in [-0.39, 0.29) is 16.3 Å². The van der Waals surface area contributed by atoms with Gasteiger partial charge in [-0.2, -0.15) is 18.3 Å². The predicted molar refractivity (Wildman–Crippen MR) is 87.3 cm³/mol. The van der Waals surface area contributed by atoms with E-state index in [1.165, 1.54) is 30.3 Å². The summed E-state index contributed by atoms with van der Waals surface area (Å²) >= 11 is 5.83. The van der Waals surface area contributed by atoms with Gasteiger partial charge in [-0.25, -0.2) is 5.43 Å². The van der Waals surface area contributed by atoms with Crippen LogP contribution in [0.5, 0.6) is 0 Å². The third-order valence-corrected chi connectivity index (χ3v) is 3.29. The van der Waals surface area contributed by atoms with Crippen LogP contribution in [0.4, 0.5) is 18.9 Å². The Morgan fingerprint density at radius 1 is 1.00 bits per heavy atom. The number of nitrogens with zero attached hydrogens (tertiary/aromatic N) is 1. The first-order valence-corrected chi connectivity index (χ1v) is 7.22. The van der Waals surface area contributed by atoms with Crippen LogP contribution in [0.25, 0.3) is 0 Å². The molecular weight excluding hydrogens is 359 g/mol. The summed E-state index contributed by atoms with van der Waals surface area (Å²) in [7, 11) is 0. The van der Waals surface area contributed by atoms with E-state index in [0.29, 0.717) is 0 Å². The fourth-order valence-corrected chi connectivity index (χ4v) is 2.00. The lowest BCUT2D eigenvalue weighted by Gasteiger charge is -2.09. The summed E-state index contributed by atoms with van der Waals surface area (Å²) in [5, 5.41) is 5.87. The number of alkyl halides is 3. The summed E-state index contributed by atoms with van der Waals surface area (Å²) in [6.45, 7) is 0. The van der Waals surface area contributed by atoms with E-state index in [9.17, 15) is 22.8 Å². The second-order valence-electron chi connectivity index (χ2n) is 4.72. The van der Waals surface area contributed by atoms with Gasteiger partial charge in [0.05, 0.1) is 22.5 Å². The minimum Gasteiger partial charge on any atom is -0.316 e. The number of nitrogens with one attached hydrogen (secondary N) is 2. The maximum Gasteiger partial charge on any atom is 0.417 e. The molecule has 130 valence electrons. The topological polar surface area (TPSA) is 70.6 Å². The van der Waals surface area contributed by atoms with Gasteiger partial charge in [-0.15, -0.1) is 0 Å². The van der Waals surface area contributed by atoms with Gasteiger partial charge in [-0.3, -0.25) is 9.59 Å². The summed E-state index contributed by atoms with van der Waals surface area (Å²) < 4.78 is 38.5. The molecule has 0 spiro atoms. The Balaban J connectivity index is 2.02. The number of halogens is 4. The van der Waals surface area contributed by atoms with Crippen LogP contribution in [0.1, 0.15) is 11.1 Å². The summed E-state index contributed by atoms with van der Waals surface area (Å²) in [5.41, 5.74) is 0.918. The third-order valence-electron chi connectivity index (χ3n) is 2.96. The molecule has 0 aliphatic rings. The number of hydrazone groups is 1. The Kier molecular flexibility index (Phi) is 5.76. The van der Waals surface area contributed by atoms with Crippen molar-refractivity contribution in [3.63, 3.8) is 0 Å². The van der Waals surface area contributed by atoms with Crippen molar-refractivity contribution >= 4 is 35.3 Å². The summed E-state index contributed by atoms with van der Waals surface area (Å²) in [5.74, 6) is -2.21. The Bertz CT molecular complexity index is 822. The van der Waals surface area contributed by atoms with E-state index in [1.807, 2.05) is 5.43 Å². The fourth-order valence-electron chi connectivity index (χ4n) is 1.82. The molecule has 2 aromatic rings. The number of anilines is 1. The molecule has 0 radical (unpaired) electrons. The number of benzene rings is 2. The molecule has 2 N–H and O–H groups in total. The molecule has 0 atom stereocenters. The Morgan fingerprint density at radius 2 is 1.64 bits per heavy atom. The Morgan fingerprint density at radius 3 is 2.32 bits per heavy atom. The molecule has 0 aliphatic carbocycles. The molecular formula is C16H11ClF3N3O2. The number of hydrogen-bond donors (Lipinski definition) is 2. The smallest absolute Gasteiger partial charge is 0.316 e. The fraction of sp³-hybridized carbons (Fsp3) is 0.0625. The molecule has 2 aromatic carbocycles. The molecule has 0 saturated carbocycles. The first kappa shape index (κ1) is 18.5. The van der Waals surface area contributed by atoms with Gasteiger partial charge in [0.1, 0.15) is 0 Å². The van der Waals surface area contributed by atoms with Gasteiger partial charge < -0.3 is 5.32 Å². The van der Waals surface area contributed by atoms with Gasteiger partial charge in [-0.05, 0) is 18.2 Å². The maximum atomic E-state index is 12.8. The van der Waals surface area contributed by atoms with Crippen LogP contribution in [0.2, 0.25) is 5.02 Å². The lowest BCUT2D eigenvalue weighted by Crippen LogP contribution is -2.32. The van der Waals surface area contributed by atoms with Gasteiger partial charge in [0.25, 0.3) is 0 Å². The zero-order valence-corrected chi connectivity index (χ0v) is 13.2. The van der Waals surface area contributed by atoms with Crippen LogP contribution in [-0.2, 0) is 15.8 Å². The van der Waals surface area contributed by atoms with Crippen LogP contribution in [0, 0.1) is 0 Å².